The van der Waals surface area contributed by atoms with Crippen molar-refractivity contribution in [2.75, 3.05) is 17.5 Å². The molecule has 6 nitrogen and oxygen atoms in total. The summed E-state index contributed by atoms with van der Waals surface area (Å²) in [6.07, 6.45) is 8.84. The van der Waals surface area contributed by atoms with Gasteiger partial charge in [-0.1, -0.05) is 50.3 Å². The second-order valence-corrected chi connectivity index (χ2v) is 10.2. The Morgan fingerprint density at radius 1 is 0.968 bits per heavy atom. The molecule has 0 bridgehead atoms. The summed E-state index contributed by atoms with van der Waals surface area (Å²) >= 11 is 0. The van der Waals surface area contributed by atoms with Crippen molar-refractivity contribution in [3.05, 3.63) is 54.1 Å². The van der Waals surface area contributed by atoms with Crippen molar-refractivity contribution < 1.29 is 17.9 Å². The highest BCUT2D eigenvalue weighted by molar-refractivity contribution is 7.92. The summed E-state index contributed by atoms with van der Waals surface area (Å²) < 4.78 is 33.2. The Balaban J connectivity index is 1.33. The van der Waals surface area contributed by atoms with Gasteiger partial charge in [-0.15, -0.1) is 0 Å². The highest BCUT2D eigenvalue weighted by Gasteiger charge is 2.30. The number of hydrogen-bond acceptors (Lipinski definition) is 4. The maximum absolute atomic E-state index is 13.1. The van der Waals surface area contributed by atoms with E-state index in [-0.39, 0.29) is 23.5 Å². The number of nitrogens with zero attached hydrogens (tertiary/aromatic N) is 1. The van der Waals surface area contributed by atoms with Crippen molar-refractivity contribution in [1.29, 1.82) is 0 Å². The fourth-order valence-electron chi connectivity index (χ4n) is 4.41. The van der Waals surface area contributed by atoms with Crippen LogP contribution in [0.1, 0.15) is 50.5 Å². The summed E-state index contributed by atoms with van der Waals surface area (Å²) in [7, 11) is -3.63. The highest BCUT2D eigenvalue weighted by Crippen LogP contribution is 2.33. The molecule has 0 unspecified atom stereocenters. The van der Waals surface area contributed by atoms with Crippen molar-refractivity contribution in [2.45, 2.75) is 62.3 Å². The normalized spacial score (nSPS) is 17.5. The van der Waals surface area contributed by atoms with Crippen LogP contribution >= 0.6 is 0 Å². The number of ether oxygens (including phenoxy) is 1. The quantitative estimate of drug-likeness (QED) is 0.732. The number of anilines is 1. The lowest BCUT2D eigenvalue weighted by Crippen LogP contribution is -2.38. The topological polar surface area (TPSA) is 75.7 Å². The van der Waals surface area contributed by atoms with E-state index in [1.165, 1.54) is 35.7 Å². The number of fused-ring (bicyclic) bond motifs is 1. The molecule has 1 heterocycles. The SMILES string of the molecule is O=C(COc1ccc(S(=O)(=O)N2CCc3ccccc32)cc1)NC1CCCCCCC1. The molecule has 0 saturated heterocycles. The molecule has 2 aliphatic rings. The van der Waals surface area contributed by atoms with E-state index in [1.807, 2.05) is 24.3 Å². The van der Waals surface area contributed by atoms with E-state index in [1.54, 1.807) is 12.1 Å². The Morgan fingerprint density at radius 2 is 1.65 bits per heavy atom. The van der Waals surface area contributed by atoms with Gasteiger partial charge in [-0.25, -0.2) is 8.42 Å². The molecule has 1 fully saturated rings. The molecule has 166 valence electrons. The first-order valence-electron chi connectivity index (χ1n) is 11.2. The van der Waals surface area contributed by atoms with E-state index >= 15 is 0 Å². The van der Waals surface area contributed by atoms with Gasteiger partial charge < -0.3 is 10.1 Å². The van der Waals surface area contributed by atoms with Gasteiger partial charge in [0.15, 0.2) is 6.61 Å². The molecule has 7 heteroatoms. The number of rotatable bonds is 6. The van der Waals surface area contributed by atoms with Crippen LogP contribution in [-0.4, -0.2) is 33.5 Å². The Morgan fingerprint density at radius 3 is 2.39 bits per heavy atom. The third kappa shape index (κ3) is 5.21. The summed E-state index contributed by atoms with van der Waals surface area (Å²) in [5, 5.41) is 3.07. The van der Waals surface area contributed by atoms with E-state index in [2.05, 4.69) is 5.32 Å². The number of amides is 1. The molecule has 2 aromatic rings. The molecular formula is C24H30N2O4S. The highest BCUT2D eigenvalue weighted by atomic mass is 32.2. The van der Waals surface area contributed by atoms with Crippen LogP contribution in [-0.2, 0) is 21.2 Å². The third-order valence-corrected chi connectivity index (χ3v) is 7.92. The van der Waals surface area contributed by atoms with Gasteiger partial charge in [-0.2, -0.15) is 0 Å². The van der Waals surface area contributed by atoms with E-state index in [9.17, 15) is 13.2 Å². The average Bonchev–Trinajstić information content (AvgIpc) is 3.19. The van der Waals surface area contributed by atoms with Gasteiger partial charge in [0.25, 0.3) is 15.9 Å². The third-order valence-electron chi connectivity index (χ3n) is 6.10. The summed E-state index contributed by atoms with van der Waals surface area (Å²) in [4.78, 5) is 12.5. The van der Waals surface area contributed by atoms with Crippen LogP contribution in [0.4, 0.5) is 5.69 Å². The predicted octanol–water partition coefficient (Wildman–Crippen LogP) is 4.05. The summed E-state index contributed by atoms with van der Waals surface area (Å²) in [6, 6.07) is 14.1. The second-order valence-electron chi connectivity index (χ2n) is 8.33. The van der Waals surface area contributed by atoms with E-state index < -0.39 is 10.0 Å². The first-order valence-corrected chi connectivity index (χ1v) is 12.6. The summed E-state index contributed by atoms with van der Waals surface area (Å²) in [5.41, 5.74) is 1.79. The monoisotopic (exact) mass is 442 g/mol. The van der Waals surface area contributed by atoms with Gasteiger partial charge in [0, 0.05) is 12.6 Å². The van der Waals surface area contributed by atoms with E-state index in [0.717, 1.165) is 36.9 Å². The summed E-state index contributed by atoms with van der Waals surface area (Å²) in [6.45, 7) is 0.378. The number of para-hydroxylation sites is 1. The van der Waals surface area contributed by atoms with Gasteiger partial charge >= 0.3 is 0 Å². The van der Waals surface area contributed by atoms with Crippen molar-refractivity contribution >= 4 is 21.6 Å². The smallest absolute Gasteiger partial charge is 0.264 e. The lowest BCUT2D eigenvalue weighted by atomic mass is 9.97. The maximum Gasteiger partial charge on any atom is 0.264 e. The minimum atomic E-state index is -3.63. The minimum Gasteiger partial charge on any atom is -0.484 e. The van der Waals surface area contributed by atoms with Gasteiger partial charge in [-0.05, 0) is 55.2 Å². The largest absolute Gasteiger partial charge is 0.484 e. The second kappa shape index (κ2) is 9.73. The predicted molar refractivity (Wildman–Crippen MR) is 121 cm³/mol. The van der Waals surface area contributed by atoms with Crippen LogP contribution in [0, 0.1) is 0 Å². The first-order chi connectivity index (χ1) is 15.0. The molecule has 1 amide bonds. The van der Waals surface area contributed by atoms with E-state index in [4.69, 9.17) is 4.74 Å². The molecular weight excluding hydrogens is 412 g/mol. The number of nitrogens with one attached hydrogen (secondary N) is 1. The van der Waals surface area contributed by atoms with Crippen LogP contribution in [0.5, 0.6) is 5.75 Å². The number of benzene rings is 2. The number of carbonyl (C=O) groups excluding carboxylic acids is 1. The minimum absolute atomic E-state index is 0.0674. The number of hydrogen-bond donors (Lipinski definition) is 1. The van der Waals surface area contributed by atoms with Gasteiger partial charge in [-0.3, -0.25) is 9.10 Å². The van der Waals surface area contributed by atoms with Crippen LogP contribution in [0.15, 0.2) is 53.4 Å². The number of carbonyl (C=O) groups is 1. The molecule has 1 aliphatic heterocycles. The number of sulfonamides is 1. The van der Waals surface area contributed by atoms with E-state index in [0.29, 0.717) is 18.7 Å². The Hall–Kier alpha value is -2.54. The lowest BCUT2D eigenvalue weighted by molar-refractivity contribution is -0.123. The molecule has 31 heavy (non-hydrogen) atoms. The molecule has 4 rings (SSSR count). The standard InChI is InChI=1S/C24H30N2O4S/c27-24(25-20-9-4-2-1-3-5-10-20)18-30-21-12-14-22(15-13-21)31(28,29)26-17-16-19-8-6-7-11-23(19)26/h6-8,11-15,20H,1-5,9-10,16-18H2,(H,25,27). The van der Waals surface area contributed by atoms with Crippen molar-refractivity contribution in [3.63, 3.8) is 0 Å². The Kier molecular flexibility index (Phi) is 6.80. The zero-order valence-corrected chi connectivity index (χ0v) is 18.6. The van der Waals surface area contributed by atoms with Crippen molar-refractivity contribution in [1.82, 2.24) is 5.32 Å². The van der Waals surface area contributed by atoms with Crippen LogP contribution in [0.2, 0.25) is 0 Å². The molecule has 1 aliphatic carbocycles. The molecule has 0 atom stereocenters. The molecule has 0 spiro atoms. The Bertz CT molecular complexity index is 996. The fourth-order valence-corrected chi connectivity index (χ4v) is 5.91. The lowest BCUT2D eigenvalue weighted by Gasteiger charge is -2.21. The van der Waals surface area contributed by atoms with Gasteiger partial charge in [0.1, 0.15) is 5.75 Å². The molecule has 0 aromatic heterocycles. The first kappa shape index (κ1) is 21.7. The zero-order valence-electron chi connectivity index (χ0n) is 17.8. The molecule has 0 radical (unpaired) electrons. The molecule has 2 aromatic carbocycles. The molecule has 1 N–H and O–H groups in total. The zero-order chi connectivity index (χ0) is 21.7. The molecule has 1 saturated carbocycles. The fraction of sp³-hybridized carbons (Fsp3) is 0.458. The Labute approximate surface area is 184 Å². The van der Waals surface area contributed by atoms with Crippen LogP contribution < -0.4 is 14.4 Å². The van der Waals surface area contributed by atoms with Crippen LogP contribution in [0.25, 0.3) is 0 Å². The maximum atomic E-state index is 13.1. The van der Waals surface area contributed by atoms with Crippen molar-refractivity contribution in [3.8, 4) is 5.75 Å². The summed E-state index contributed by atoms with van der Waals surface area (Å²) in [5.74, 6) is 0.351. The van der Waals surface area contributed by atoms with Gasteiger partial charge in [0.2, 0.25) is 0 Å². The van der Waals surface area contributed by atoms with Gasteiger partial charge in [0.05, 0.1) is 10.6 Å². The average molecular weight is 443 g/mol. The van der Waals surface area contributed by atoms with Crippen LogP contribution in [0.3, 0.4) is 0 Å². The van der Waals surface area contributed by atoms with Crippen molar-refractivity contribution in [2.24, 2.45) is 0 Å².